The van der Waals surface area contributed by atoms with Crippen molar-refractivity contribution in [2.75, 3.05) is 16.8 Å². The molecule has 3 rings (SSSR count). The van der Waals surface area contributed by atoms with Crippen LogP contribution in [0.4, 0.5) is 24.5 Å². The van der Waals surface area contributed by atoms with Gasteiger partial charge in [-0.1, -0.05) is 24.3 Å². The van der Waals surface area contributed by atoms with E-state index in [1.54, 1.807) is 24.3 Å². The van der Waals surface area contributed by atoms with E-state index in [-0.39, 0.29) is 37.7 Å². The highest BCUT2D eigenvalue weighted by Gasteiger charge is 2.30. The van der Waals surface area contributed by atoms with E-state index in [1.165, 1.54) is 17.0 Å². The van der Waals surface area contributed by atoms with Gasteiger partial charge in [0.15, 0.2) is 0 Å². The molecular weight excluding hydrogens is 387 g/mol. The van der Waals surface area contributed by atoms with Gasteiger partial charge in [0.05, 0.1) is 16.9 Å². The summed E-state index contributed by atoms with van der Waals surface area (Å²) in [5.74, 6) is -1.09. The Morgan fingerprint density at radius 3 is 2.41 bits per heavy atom. The number of nitrogens with one attached hydrogen (secondary N) is 2. The Morgan fingerprint density at radius 1 is 1.03 bits per heavy atom. The van der Waals surface area contributed by atoms with E-state index in [2.05, 4.69) is 10.6 Å². The molecule has 152 valence electrons. The first-order valence-corrected chi connectivity index (χ1v) is 8.86. The molecule has 0 radical (unpaired) electrons. The molecule has 0 unspecified atom stereocenters. The highest BCUT2D eigenvalue weighted by molar-refractivity contribution is 6.10. The minimum Gasteiger partial charge on any atom is -0.352 e. The summed E-state index contributed by atoms with van der Waals surface area (Å²) in [7, 11) is 0. The van der Waals surface area contributed by atoms with E-state index in [4.69, 9.17) is 0 Å². The third kappa shape index (κ3) is 5.13. The van der Waals surface area contributed by atoms with Crippen LogP contribution < -0.4 is 15.5 Å². The normalized spacial score (nSPS) is 13.5. The fraction of sp³-hybridized carbons (Fsp3) is 0.250. The molecule has 0 atom stereocenters. The van der Waals surface area contributed by atoms with Gasteiger partial charge in [0, 0.05) is 19.4 Å². The van der Waals surface area contributed by atoms with Gasteiger partial charge in [-0.05, 0) is 29.8 Å². The van der Waals surface area contributed by atoms with Crippen LogP contribution in [0.15, 0.2) is 48.5 Å². The van der Waals surface area contributed by atoms with Gasteiger partial charge in [0.1, 0.15) is 6.54 Å². The van der Waals surface area contributed by atoms with Crippen LogP contribution in [-0.2, 0) is 27.1 Å². The number of fused-ring (bicyclic) bond motifs is 1. The van der Waals surface area contributed by atoms with Crippen LogP contribution in [0.5, 0.6) is 0 Å². The molecule has 2 N–H and O–H groups in total. The first-order chi connectivity index (χ1) is 13.7. The molecular formula is C20H18F3N3O3. The number of amides is 3. The van der Waals surface area contributed by atoms with E-state index in [9.17, 15) is 27.6 Å². The number of hydrogen-bond acceptors (Lipinski definition) is 3. The molecule has 0 aromatic heterocycles. The number of anilines is 2. The number of nitrogens with zero attached hydrogens (tertiary/aromatic N) is 1. The van der Waals surface area contributed by atoms with Crippen LogP contribution in [0.2, 0.25) is 0 Å². The molecule has 0 fully saturated rings. The molecule has 29 heavy (non-hydrogen) atoms. The van der Waals surface area contributed by atoms with Crippen molar-refractivity contribution in [3.05, 3.63) is 59.7 Å². The molecule has 1 aliphatic heterocycles. The first-order valence-electron chi connectivity index (χ1n) is 8.86. The largest absolute Gasteiger partial charge is 0.416 e. The van der Waals surface area contributed by atoms with Gasteiger partial charge >= 0.3 is 6.18 Å². The van der Waals surface area contributed by atoms with Gasteiger partial charge in [0.2, 0.25) is 17.7 Å². The number of alkyl halides is 3. The highest BCUT2D eigenvalue weighted by Crippen LogP contribution is 2.30. The number of carbonyl (C=O) groups excluding carboxylic acids is 3. The SMILES string of the molecule is O=C(CCC(=O)N1CC(=O)Nc2ccccc21)NCc1ccc(C(F)(F)F)cc1. The van der Waals surface area contributed by atoms with Gasteiger partial charge < -0.3 is 15.5 Å². The van der Waals surface area contributed by atoms with Gasteiger partial charge in [-0.3, -0.25) is 14.4 Å². The highest BCUT2D eigenvalue weighted by atomic mass is 19.4. The Labute approximate surface area is 164 Å². The van der Waals surface area contributed by atoms with Crippen LogP contribution >= 0.6 is 0 Å². The van der Waals surface area contributed by atoms with Gasteiger partial charge in [-0.15, -0.1) is 0 Å². The zero-order valence-corrected chi connectivity index (χ0v) is 15.3. The van der Waals surface area contributed by atoms with E-state index >= 15 is 0 Å². The van der Waals surface area contributed by atoms with E-state index < -0.39 is 17.6 Å². The summed E-state index contributed by atoms with van der Waals surface area (Å²) in [6, 6.07) is 11.3. The number of rotatable bonds is 5. The van der Waals surface area contributed by atoms with Gasteiger partial charge in [-0.2, -0.15) is 13.2 Å². The van der Waals surface area contributed by atoms with Gasteiger partial charge in [0.25, 0.3) is 0 Å². The maximum Gasteiger partial charge on any atom is 0.416 e. The van der Waals surface area contributed by atoms with E-state index in [0.717, 1.165) is 12.1 Å². The standard InChI is InChI=1S/C20H18F3N3O3/c21-20(22,23)14-7-5-13(6-8-14)11-24-17(27)9-10-19(29)26-12-18(28)25-15-3-1-2-4-16(15)26/h1-8H,9-12H2,(H,24,27)(H,25,28). The fourth-order valence-electron chi connectivity index (χ4n) is 2.91. The molecule has 0 saturated heterocycles. The van der Waals surface area contributed by atoms with Crippen molar-refractivity contribution in [2.24, 2.45) is 0 Å². The Bertz CT molecular complexity index is 927. The molecule has 3 amide bonds. The van der Waals surface area contributed by atoms with Crippen molar-refractivity contribution in [1.29, 1.82) is 0 Å². The molecule has 1 aliphatic rings. The Balaban J connectivity index is 1.51. The first kappa shape index (κ1) is 20.4. The fourth-order valence-corrected chi connectivity index (χ4v) is 2.91. The lowest BCUT2D eigenvalue weighted by molar-refractivity contribution is -0.137. The Hall–Kier alpha value is -3.36. The average Bonchev–Trinajstić information content (AvgIpc) is 2.69. The van der Waals surface area contributed by atoms with Crippen molar-refractivity contribution < 1.29 is 27.6 Å². The lowest BCUT2D eigenvalue weighted by atomic mass is 10.1. The summed E-state index contributed by atoms with van der Waals surface area (Å²) in [6.07, 6.45) is -4.60. The number of hydrogen-bond donors (Lipinski definition) is 2. The van der Waals surface area contributed by atoms with Crippen LogP contribution in [0.25, 0.3) is 0 Å². The van der Waals surface area contributed by atoms with Crippen LogP contribution in [0, 0.1) is 0 Å². The van der Waals surface area contributed by atoms with Crippen LogP contribution in [0.3, 0.4) is 0 Å². The average molecular weight is 405 g/mol. The third-order valence-corrected chi connectivity index (χ3v) is 4.41. The molecule has 0 spiro atoms. The van der Waals surface area contributed by atoms with E-state index in [0.29, 0.717) is 16.9 Å². The monoisotopic (exact) mass is 405 g/mol. The molecule has 1 heterocycles. The van der Waals surface area contributed by atoms with Crippen molar-refractivity contribution >= 4 is 29.1 Å². The number of para-hydroxylation sites is 2. The molecule has 2 aromatic rings. The number of halogens is 3. The predicted octanol–water partition coefficient (Wildman–Crippen LogP) is 3.09. The van der Waals surface area contributed by atoms with Crippen molar-refractivity contribution in [3.63, 3.8) is 0 Å². The summed E-state index contributed by atoms with van der Waals surface area (Å²) in [5, 5.41) is 5.25. The maximum atomic E-state index is 12.5. The lowest BCUT2D eigenvalue weighted by Gasteiger charge is -2.29. The predicted molar refractivity (Wildman–Crippen MR) is 99.9 cm³/mol. The second-order valence-electron chi connectivity index (χ2n) is 6.52. The van der Waals surface area contributed by atoms with Gasteiger partial charge in [-0.25, -0.2) is 0 Å². The lowest BCUT2D eigenvalue weighted by Crippen LogP contribution is -2.42. The quantitative estimate of drug-likeness (QED) is 0.803. The second kappa shape index (κ2) is 8.34. The minimum atomic E-state index is -4.41. The maximum absolute atomic E-state index is 12.5. The summed E-state index contributed by atoms with van der Waals surface area (Å²) in [6.45, 7) is -0.0663. The molecule has 6 nitrogen and oxygen atoms in total. The zero-order valence-electron chi connectivity index (χ0n) is 15.3. The van der Waals surface area contributed by atoms with E-state index in [1.807, 2.05) is 0 Å². The third-order valence-electron chi connectivity index (χ3n) is 4.41. The van der Waals surface area contributed by atoms with Crippen LogP contribution in [0.1, 0.15) is 24.0 Å². The molecule has 2 aromatic carbocycles. The van der Waals surface area contributed by atoms with Crippen molar-refractivity contribution in [2.45, 2.75) is 25.6 Å². The summed E-state index contributed by atoms with van der Waals surface area (Å²) in [4.78, 5) is 37.6. The Kier molecular flexibility index (Phi) is 5.86. The summed E-state index contributed by atoms with van der Waals surface area (Å²) >= 11 is 0. The van der Waals surface area contributed by atoms with Crippen molar-refractivity contribution in [3.8, 4) is 0 Å². The molecule has 9 heteroatoms. The molecule has 0 bridgehead atoms. The van der Waals surface area contributed by atoms with Crippen molar-refractivity contribution in [1.82, 2.24) is 5.32 Å². The molecule has 0 aliphatic carbocycles. The number of benzene rings is 2. The smallest absolute Gasteiger partial charge is 0.352 e. The summed E-state index contributed by atoms with van der Waals surface area (Å²) in [5.41, 5.74) is 0.856. The second-order valence-corrected chi connectivity index (χ2v) is 6.52. The van der Waals surface area contributed by atoms with Crippen LogP contribution in [-0.4, -0.2) is 24.3 Å². The number of carbonyl (C=O) groups is 3. The minimum absolute atomic E-state index is 0.0557. The zero-order chi connectivity index (χ0) is 21.0. The Morgan fingerprint density at radius 2 is 1.72 bits per heavy atom. The topological polar surface area (TPSA) is 78.5 Å². The molecule has 0 saturated carbocycles. The summed E-state index contributed by atoms with van der Waals surface area (Å²) < 4.78 is 37.6.